The van der Waals surface area contributed by atoms with Gasteiger partial charge < -0.3 is 11.1 Å². The highest BCUT2D eigenvalue weighted by Gasteiger charge is 2.37. The van der Waals surface area contributed by atoms with Crippen molar-refractivity contribution in [2.45, 2.75) is 38.1 Å². The highest BCUT2D eigenvalue weighted by atomic mass is 35.5. The van der Waals surface area contributed by atoms with Gasteiger partial charge in [-0.25, -0.2) is 9.07 Å². The molecule has 1 aromatic carbocycles. The largest absolute Gasteiger partial charge is 0.325 e. The van der Waals surface area contributed by atoms with E-state index < -0.39 is 5.54 Å². The van der Waals surface area contributed by atoms with Crippen LogP contribution in [0.2, 0.25) is 0 Å². The van der Waals surface area contributed by atoms with Crippen molar-refractivity contribution in [3.8, 4) is 5.69 Å². The van der Waals surface area contributed by atoms with Crippen LogP contribution in [0.4, 0.5) is 10.1 Å². The average molecular weight is 353 g/mol. The lowest BCUT2D eigenvalue weighted by Crippen LogP contribution is -2.51. The first-order chi connectivity index (χ1) is 11.0. The average Bonchev–Trinajstić information content (AvgIpc) is 2.95. The fourth-order valence-corrected chi connectivity index (χ4v) is 3.17. The molecule has 1 fully saturated rings. The van der Waals surface area contributed by atoms with Crippen LogP contribution in [0, 0.1) is 11.7 Å². The van der Waals surface area contributed by atoms with E-state index in [1.807, 2.05) is 6.92 Å². The first kappa shape index (κ1) is 18.4. The number of hydrogen-bond acceptors (Lipinski definition) is 3. The van der Waals surface area contributed by atoms with E-state index >= 15 is 0 Å². The summed E-state index contributed by atoms with van der Waals surface area (Å²) in [6.07, 6.45) is 6.83. The van der Waals surface area contributed by atoms with Crippen molar-refractivity contribution in [2.24, 2.45) is 11.7 Å². The van der Waals surface area contributed by atoms with Gasteiger partial charge in [-0.05, 0) is 31.9 Å². The molecule has 0 spiro atoms. The summed E-state index contributed by atoms with van der Waals surface area (Å²) in [5.41, 5.74) is 6.66. The van der Waals surface area contributed by atoms with Gasteiger partial charge >= 0.3 is 0 Å². The Morgan fingerprint density at radius 1 is 1.42 bits per heavy atom. The number of nitrogens with one attached hydrogen (secondary N) is 1. The van der Waals surface area contributed by atoms with Gasteiger partial charge in [0.15, 0.2) is 0 Å². The Labute approximate surface area is 146 Å². The molecule has 0 bridgehead atoms. The zero-order valence-corrected chi connectivity index (χ0v) is 14.4. The highest BCUT2D eigenvalue weighted by molar-refractivity contribution is 5.93. The Bertz CT molecular complexity index is 716. The second-order valence-electron chi connectivity index (χ2n) is 6.42. The summed E-state index contributed by atoms with van der Waals surface area (Å²) >= 11 is 0. The van der Waals surface area contributed by atoms with E-state index in [0.29, 0.717) is 11.4 Å². The molecular weight excluding hydrogens is 331 g/mol. The second kappa shape index (κ2) is 7.32. The maximum absolute atomic E-state index is 13.8. The molecule has 5 nitrogen and oxygen atoms in total. The quantitative estimate of drug-likeness (QED) is 0.890. The van der Waals surface area contributed by atoms with Crippen molar-refractivity contribution in [3.63, 3.8) is 0 Å². The number of anilines is 1. The van der Waals surface area contributed by atoms with Crippen molar-refractivity contribution in [1.29, 1.82) is 0 Å². The summed E-state index contributed by atoms with van der Waals surface area (Å²) in [5, 5.41) is 6.96. The molecule has 1 saturated carbocycles. The Morgan fingerprint density at radius 2 is 2.17 bits per heavy atom. The van der Waals surface area contributed by atoms with Gasteiger partial charge in [-0.1, -0.05) is 25.0 Å². The summed E-state index contributed by atoms with van der Waals surface area (Å²) < 4.78 is 15.2. The minimum absolute atomic E-state index is 0. The van der Waals surface area contributed by atoms with E-state index in [2.05, 4.69) is 10.4 Å². The lowest BCUT2D eigenvalue weighted by Gasteiger charge is -2.37. The third-order valence-electron chi connectivity index (χ3n) is 4.52. The number of nitrogens with zero attached hydrogens (tertiary/aromatic N) is 2. The van der Waals surface area contributed by atoms with Crippen molar-refractivity contribution < 1.29 is 9.18 Å². The van der Waals surface area contributed by atoms with E-state index in [1.54, 1.807) is 24.4 Å². The molecule has 3 N–H and O–H groups in total. The number of hydrogen-bond donors (Lipinski definition) is 2. The maximum Gasteiger partial charge on any atom is 0.229 e. The number of benzene rings is 1. The van der Waals surface area contributed by atoms with Crippen LogP contribution in [0.3, 0.4) is 0 Å². The van der Waals surface area contributed by atoms with Crippen molar-refractivity contribution >= 4 is 24.0 Å². The van der Waals surface area contributed by atoms with Gasteiger partial charge in [-0.3, -0.25) is 4.79 Å². The normalized spacial score (nSPS) is 23.4. The molecule has 1 aliphatic rings. The van der Waals surface area contributed by atoms with Gasteiger partial charge in [-0.2, -0.15) is 5.10 Å². The molecule has 1 amide bonds. The third-order valence-corrected chi connectivity index (χ3v) is 4.52. The Hall–Kier alpha value is -1.92. The van der Waals surface area contributed by atoms with Crippen LogP contribution in [0.1, 0.15) is 32.6 Å². The Morgan fingerprint density at radius 3 is 2.88 bits per heavy atom. The summed E-state index contributed by atoms with van der Waals surface area (Å²) in [6, 6.07) is 6.36. The summed E-state index contributed by atoms with van der Waals surface area (Å²) in [5.74, 6) is -0.675. The van der Waals surface area contributed by atoms with Crippen LogP contribution in [0.25, 0.3) is 5.69 Å². The van der Waals surface area contributed by atoms with E-state index in [-0.39, 0.29) is 30.0 Å². The predicted molar refractivity (Wildman–Crippen MR) is 94.0 cm³/mol. The maximum atomic E-state index is 13.8. The van der Waals surface area contributed by atoms with E-state index in [1.165, 1.54) is 16.9 Å². The number of carbonyl (C=O) groups excluding carboxylic acids is 1. The standard InChI is InChI=1S/C17H21FN4O.ClH/c1-17(19)9-5-4-6-13(17)16(23)21-12-10-20-22(11-12)15-8-3-2-7-14(15)18;/h2-3,7-8,10-11,13H,4-6,9,19H2,1H3,(H,21,23);1H. The van der Waals surface area contributed by atoms with E-state index in [4.69, 9.17) is 5.73 Å². The SMILES string of the molecule is CC1(N)CCCCC1C(=O)Nc1cnn(-c2ccccc2F)c1.Cl. The lowest BCUT2D eigenvalue weighted by atomic mass is 9.74. The number of para-hydroxylation sites is 1. The molecule has 0 aliphatic heterocycles. The van der Waals surface area contributed by atoms with Crippen LogP contribution < -0.4 is 11.1 Å². The molecule has 2 aromatic rings. The minimum atomic E-state index is -0.482. The van der Waals surface area contributed by atoms with E-state index in [0.717, 1.165) is 25.7 Å². The van der Waals surface area contributed by atoms with Gasteiger partial charge in [0.05, 0.1) is 24.0 Å². The first-order valence-electron chi connectivity index (χ1n) is 7.87. The number of aromatic nitrogens is 2. The molecule has 0 saturated heterocycles. The number of halogens is 2. The number of carbonyl (C=O) groups is 1. The fraction of sp³-hybridized carbons (Fsp3) is 0.412. The zero-order chi connectivity index (χ0) is 16.4. The summed E-state index contributed by atoms with van der Waals surface area (Å²) in [7, 11) is 0. The molecule has 2 atom stereocenters. The number of amides is 1. The third kappa shape index (κ3) is 3.76. The van der Waals surface area contributed by atoms with Gasteiger partial charge in [-0.15, -0.1) is 12.4 Å². The van der Waals surface area contributed by atoms with Crippen molar-refractivity contribution in [1.82, 2.24) is 9.78 Å². The second-order valence-corrected chi connectivity index (χ2v) is 6.42. The number of nitrogens with two attached hydrogens (primary N) is 1. The molecule has 1 aliphatic carbocycles. The first-order valence-corrected chi connectivity index (χ1v) is 7.87. The monoisotopic (exact) mass is 352 g/mol. The molecular formula is C17H22ClFN4O. The van der Waals surface area contributed by atoms with Crippen LogP contribution in [0.5, 0.6) is 0 Å². The molecule has 2 unspecified atom stereocenters. The lowest BCUT2D eigenvalue weighted by molar-refractivity contribution is -0.122. The molecule has 7 heteroatoms. The number of rotatable bonds is 3. The fourth-order valence-electron chi connectivity index (χ4n) is 3.17. The molecule has 1 aromatic heterocycles. The minimum Gasteiger partial charge on any atom is -0.325 e. The van der Waals surface area contributed by atoms with Crippen LogP contribution in [-0.4, -0.2) is 21.2 Å². The van der Waals surface area contributed by atoms with Crippen LogP contribution in [-0.2, 0) is 4.79 Å². The van der Waals surface area contributed by atoms with Gasteiger partial charge in [0, 0.05) is 5.54 Å². The van der Waals surface area contributed by atoms with Crippen molar-refractivity contribution in [3.05, 3.63) is 42.5 Å². The van der Waals surface area contributed by atoms with Gasteiger partial charge in [0.1, 0.15) is 11.5 Å². The van der Waals surface area contributed by atoms with E-state index in [9.17, 15) is 9.18 Å². The molecule has 130 valence electrons. The van der Waals surface area contributed by atoms with Crippen LogP contribution >= 0.6 is 12.4 Å². The van der Waals surface area contributed by atoms with Crippen LogP contribution in [0.15, 0.2) is 36.7 Å². The smallest absolute Gasteiger partial charge is 0.229 e. The van der Waals surface area contributed by atoms with Gasteiger partial charge in [0.2, 0.25) is 5.91 Å². The molecule has 0 radical (unpaired) electrons. The summed E-state index contributed by atoms with van der Waals surface area (Å²) in [4.78, 5) is 12.5. The molecule has 24 heavy (non-hydrogen) atoms. The Balaban J connectivity index is 0.00000208. The van der Waals surface area contributed by atoms with Crippen molar-refractivity contribution in [2.75, 3.05) is 5.32 Å². The molecule has 3 rings (SSSR count). The topological polar surface area (TPSA) is 72.9 Å². The molecule has 1 heterocycles. The Kier molecular flexibility index (Phi) is 5.62. The summed E-state index contributed by atoms with van der Waals surface area (Å²) in [6.45, 7) is 1.93. The highest BCUT2D eigenvalue weighted by Crippen LogP contribution is 2.32. The predicted octanol–water partition coefficient (Wildman–Crippen LogP) is 3.28. The zero-order valence-electron chi connectivity index (χ0n) is 13.5. The van der Waals surface area contributed by atoms with Gasteiger partial charge in [0.25, 0.3) is 0 Å².